The first-order chi connectivity index (χ1) is 9.62. The Hall–Kier alpha value is -1.46. The van der Waals surface area contributed by atoms with Crippen molar-refractivity contribution in [3.05, 3.63) is 17.7 Å². The van der Waals surface area contributed by atoms with Crippen molar-refractivity contribution in [2.24, 2.45) is 0 Å². The van der Waals surface area contributed by atoms with Crippen molar-refractivity contribution >= 4 is 0 Å². The van der Waals surface area contributed by atoms with E-state index in [9.17, 15) is 5.11 Å². The van der Waals surface area contributed by atoms with E-state index in [0.29, 0.717) is 23.8 Å². The molecule has 0 aromatic heterocycles. The molecule has 5 heteroatoms. The van der Waals surface area contributed by atoms with Crippen molar-refractivity contribution in [2.75, 3.05) is 33.9 Å². The largest absolute Gasteiger partial charge is 0.493 e. The monoisotopic (exact) mass is 283 g/mol. The number of methoxy groups -OCH3 is 2. The van der Waals surface area contributed by atoms with E-state index in [2.05, 4.69) is 12.2 Å². The quantitative estimate of drug-likeness (QED) is 0.676. The van der Waals surface area contributed by atoms with Gasteiger partial charge in [-0.3, -0.25) is 0 Å². The topological polar surface area (TPSA) is 60.0 Å². The summed E-state index contributed by atoms with van der Waals surface area (Å²) in [6, 6.07) is 3.75. The highest BCUT2D eigenvalue weighted by molar-refractivity contribution is 5.53. The number of aryl methyl sites for hydroxylation is 1. The summed E-state index contributed by atoms with van der Waals surface area (Å²) in [5.41, 5.74) is 1.02. The molecular formula is C15H25NO4. The van der Waals surface area contributed by atoms with Crippen LogP contribution in [0.15, 0.2) is 12.1 Å². The minimum atomic E-state index is -0.572. The minimum absolute atomic E-state index is 0.187. The van der Waals surface area contributed by atoms with E-state index in [-0.39, 0.29) is 6.61 Å². The Bertz CT molecular complexity index is 384. The predicted molar refractivity (Wildman–Crippen MR) is 78.9 cm³/mol. The zero-order chi connectivity index (χ0) is 15.0. The molecule has 0 spiro atoms. The predicted octanol–water partition coefficient (Wildman–Crippen LogP) is 1.75. The fourth-order valence-electron chi connectivity index (χ4n) is 1.84. The van der Waals surface area contributed by atoms with Crippen LogP contribution in [0.3, 0.4) is 0 Å². The van der Waals surface area contributed by atoms with Crippen molar-refractivity contribution in [1.82, 2.24) is 5.32 Å². The third-order valence-electron chi connectivity index (χ3n) is 2.83. The van der Waals surface area contributed by atoms with Gasteiger partial charge in [-0.2, -0.15) is 0 Å². The molecule has 0 heterocycles. The number of rotatable bonds is 9. The number of nitrogens with one attached hydrogen (secondary N) is 1. The van der Waals surface area contributed by atoms with Crippen molar-refractivity contribution in [3.8, 4) is 17.2 Å². The summed E-state index contributed by atoms with van der Waals surface area (Å²) in [6.45, 7) is 5.61. The van der Waals surface area contributed by atoms with Gasteiger partial charge in [0.2, 0.25) is 5.75 Å². The van der Waals surface area contributed by atoms with Gasteiger partial charge >= 0.3 is 0 Å². The van der Waals surface area contributed by atoms with E-state index in [1.54, 1.807) is 14.2 Å². The molecule has 0 radical (unpaired) electrons. The van der Waals surface area contributed by atoms with Crippen LogP contribution < -0.4 is 19.5 Å². The van der Waals surface area contributed by atoms with Crippen LogP contribution in [0.25, 0.3) is 0 Å². The van der Waals surface area contributed by atoms with E-state index in [1.807, 2.05) is 19.1 Å². The van der Waals surface area contributed by atoms with Gasteiger partial charge in [0, 0.05) is 6.54 Å². The molecule has 20 heavy (non-hydrogen) atoms. The van der Waals surface area contributed by atoms with Crippen molar-refractivity contribution in [1.29, 1.82) is 0 Å². The Morgan fingerprint density at radius 3 is 2.30 bits per heavy atom. The molecule has 1 aromatic rings. The van der Waals surface area contributed by atoms with Crippen LogP contribution in [0, 0.1) is 6.92 Å². The van der Waals surface area contributed by atoms with Gasteiger partial charge in [0.25, 0.3) is 0 Å². The summed E-state index contributed by atoms with van der Waals surface area (Å²) in [5.74, 6) is 1.74. The first-order valence-electron chi connectivity index (χ1n) is 6.86. The summed E-state index contributed by atoms with van der Waals surface area (Å²) in [7, 11) is 3.17. The van der Waals surface area contributed by atoms with E-state index < -0.39 is 6.10 Å². The molecular weight excluding hydrogens is 258 g/mol. The van der Waals surface area contributed by atoms with Crippen LogP contribution in [-0.4, -0.2) is 45.1 Å². The molecule has 0 saturated heterocycles. The zero-order valence-electron chi connectivity index (χ0n) is 12.7. The second kappa shape index (κ2) is 8.66. The van der Waals surface area contributed by atoms with Gasteiger partial charge < -0.3 is 24.6 Å². The summed E-state index contributed by atoms with van der Waals surface area (Å²) < 4.78 is 16.3. The third kappa shape index (κ3) is 4.90. The molecule has 0 aliphatic carbocycles. The number of hydrogen-bond acceptors (Lipinski definition) is 5. The summed E-state index contributed by atoms with van der Waals surface area (Å²) >= 11 is 0. The first-order valence-corrected chi connectivity index (χ1v) is 6.86. The van der Waals surface area contributed by atoms with Crippen LogP contribution in [0.4, 0.5) is 0 Å². The van der Waals surface area contributed by atoms with E-state index in [0.717, 1.165) is 18.5 Å². The van der Waals surface area contributed by atoms with Gasteiger partial charge in [0.15, 0.2) is 11.5 Å². The van der Waals surface area contributed by atoms with Crippen molar-refractivity contribution in [2.45, 2.75) is 26.4 Å². The van der Waals surface area contributed by atoms with E-state index in [4.69, 9.17) is 14.2 Å². The molecule has 114 valence electrons. The second-order valence-electron chi connectivity index (χ2n) is 4.67. The van der Waals surface area contributed by atoms with Gasteiger partial charge in [-0.15, -0.1) is 0 Å². The van der Waals surface area contributed by atoms with Gasteiger partial charge in [-0.25, -0.2) is 0 Å². The number of aliphatic hydroxyl groups excluding tert-OH is 1. The lowest BCUT2D eigenvalue weighted by Gasteiger charge is -2.17. The smallest absolute Gasteiger partial charge is 0.203 e. The molecule has 0 amide bonds. The zero-order valence-corrected chi connectivity index (χ0v) is 12.7. The molecule has 0 aliphatic heterocycles. The lowest BCUT2D eigenvalue weighted by atomic mass is 10.2. The average Bonchev–Trinajstić information content (AvgIpc) is 2.45. The molecule has 0 aliphatic rings. The van der Waals surface area contributed by atoms with Crippen LogP contribution in [-0.2, 0) is 0 Å². The minimum Gasteiger partial charge on any atom is -0.493 e. The molecule has 5 nitrogen and oxygen atoms in total. The van der Waals surface area contributed by atoms with Gasteiger partial charge in [0.1, 0.15) is 12.7 Å². The number of benzene rings is 1. The Morgan fingerprint density at radius 1 is 1.20 bits per heavy atom. The molecule has 0 saturated carbocycles. The molecule has 0 bridgehead atoms. The lowest BCUT2D eigenvalue weighted by molar-refractivity contribution is 0.103. The van der Waals surface area contributed by atoms with Crippen LogP contribution in [0.2, 0.25) is 0 Å². The Morgan fingerprint density at radius 2 is 1.80 bits per heavy atom. The molecule has 1 unspecified atom stereocenters. The normalized spacial score (nSPS) is 12.1. The Balaban J connectivity index is 2.66. The van der Waals surface area contributed by atoms with Crippen molar-refractivity contribution < 1.29 is 19.3 Å². The Kier molecular flexibility index (Phi) is 7.18. The standard InChI is InChI=1S/C15H25NO4/c1-5-6-16-9-12(17)10-20-15-13(18-3)7-11(2)8-14(15)19-4/h7-8,12,16-17H,5-6,9-10H2,1-4H3. The SMILES string of the molecule is CCCNCC(O)COc1c(OC)cc(C)cc1OC. The maximum atomic E-state index is 9.85. The molecule has 1 rings (SSSR count). The first kappa shape index (κ1) is 16.6. The molecule has 1 aromatic carbocycles. The number of aliphatic hydroxyl groups is 1. The van der Waals surface area contributed by atoms with Crippen LogP contribution in [0.1, 0.15) is 18.9 Å². The fraction of sp³-hybridized carbons (Fsp3) is 0.600. The average molecular weight is 283 g/mol. The summed E-state index contributed by atoms with van der Waals surface area (Å²) in [4.78, 5) is 0. The maximum absolute atomic E-state index is 9.85. The highest BCUT2D eigenvalue weighted by atomic mass is 16.5. The molecule has 1 atom stereocenters. The second-order valence-corrected chi connectivity index (χ2v) is 4.67. The molecule has 2 N–H and O–H groups in total. The third-order valence-corrected chi connectivity index (χ3v) is 2.83. The van der Waals surface area contributed by atoms with Crippen molar-refractivity contribution in [3.63, 3.8) is 0 Å². The maximum Gasteiger partial charge on any atom is 0.203 e. The fourth-order valence-corrected chi connectivity index (χ4v) is 1.84. The van der Waals surface area contributed by atoms with Gasteiger partial charge in [-0.05, 0) is 37.6 Å². The highest BCUT2D eigenvalue weighted by Gasteiger charge is 2.14. The van der Waals surface area contributed by atoms with Gasteiger partial charge in [0.05, 0.1) is 14.2 Å². The number of ether oxygens (including phenoxy) is 3. The highest BCUT2D eigenvalue weighted by Crippen LogP contribution is 2.38. The molecule has 0 fully saturated rings. The van der Waals surface area contributed by atoms with Crippen LogP contribution in [0.5, 0.6) is 17.2 Å². The number of hydrogen-bond donors (Lipinski definition) is 2. The lowest BCUT2D eigenvalue weighted by Crippen LogP contribution is -2.31. The van der Waals surface area contributed by atoms with Crippen LogP contribution >= 0.6 is 0 Å². The summed E-state index contributed by atoms with van der Waals surface area (Å²) in [6.07, 6.45) is 0.463. The Labute approximate surface area is 120 Å². The van der Waals surface area contributed by atoms with E-state index in [1.165, 1.54) is 0 Å². The van der Waals surface area contributed by atoms with Gasteiger partial charge in [-0.1, -0.05) is 6.92 Å². The van der Waals surface area contributed by atoms with E-state index >= 15 is 0 Å². The summed E-state index contributed by atoms with van der Waals surface area (Å²) in [5, 5.41) is 13.0.